The van der Waals surface area contributed by atoms with Crippen LogP contribution in [0.3, 0.4) is 0 Å². The smallest absolute Gasteiger partial charge is 0.338 e. The van der Waals surface area contributed by atoms with Gasteiger partial charge in [0.1, 0.15) is 22.9 Å². The zero-order chi connectivity index (χ0) is 43.6. The normalized spacial score (nSPS) is 12.0. The lowest BCUT2D eigenvalue weighted by molar-refractivity contribution is -0.127. The van der Waals surface area contributed by atoms with Crippen molar-refractivity contribution in [3.63, 3.8) is 0 Å². The number of rotatable bonds is 21. The molecule has 2 unspecified atom stereocenters. The summed E-state index contributed by atoms with van der Waals surface area (Å²) in [5, 5.41) is 21.6. The molecule has 0 heterocycles. The molecule has 0 aliphatic heterocycles. The Hall–Kier alpha value is -7.10. The molecular formula is C44H48N6O10. The topological polar surface area (TPSA) is 213 Å². The Morgan fingerprint density at radius 2 is 0.917 bits per heavy atom. The van der Waals surface area contributed by atoms with Gasteiger partial charge in [-0.05, 0) is 111 Å². The average Bonchev–Trinajstić information content (AvgIpc) is 3.24. The van der Waals surface area contributed by atoms with E-state index < -0.39 is 47.4 Å². The van der Waals surface area contributed by atoms with Crippen LogP contribution in [0, 0.1) is 0 Å². The molecule has 4 aromatic rings. The van der Waals surface area contributed by atoms with E-state index in [0.29, 0.717) is 58.3 Å². The fraction of sp³-hybridized carbons (Fsp3) is 0.318. The number of methoxy groups -OCH3 is 2. The summed E-state index contributed by atoms with van der Waals surface area (Å²) in [5.74, 6) is -2.88. The van der Waals surface area contributed by atoms with Crippen molar-refractivity contribution in [1.29, 1.82) is 0 Å². The van der Waals surface area contributed by atoms with Crippen LogP contribution in [0.15, 0.2) is 105 Å². The number of ether oxygens (including phenoxy) is 4. The SMILES string of the molecule is CCCCOC(=O)c1ccc(NC(=O)C(N=Nc2ccc(-c3ccc(N=NC(C(C)=O)C(=O)Nc4ccc(C(=O)OCCCC)cc4)c(OC)c3)cc2OC)C(C)=O)cc1. The minimum absolute atomic E-state index is 0.248. The van der Waals surface area contributed by atoms with Gasteiger partial charge in [-0.3, -0.25) is 19.2 Å². The second-order valence-electron chi connectivity index (χ2n) is 13.3. The first-order valence-electron chi connectivity index (χ1n) is 19.2. The van der Waals surface area contributed by atoms with E-state index in [0.717, 1.165) is 25.7 Å². The number of carbonyl (C=O) groups is 6. The molecule has 0 aromatic heterocycles. The van der Waals surface area contributed by atoms with E-state index in [1.165, 1.54) is 76.6 Å². The van der Waals surface area contributed by atoms with E-state index in [2.05, 4.69) is 31.1 Å². The standard InChI is InChI=1S/C44H48N6O10/c1-7-9-23-59-43(55)29-11-17-33(18-12-29)45-41(53)39(27(3)51)49-47-35-21-15-31(25-37(35)57-5)32-16-22-36(38(26-32)58-6)48-50-40(28(4)52)42(54)46-34-19-13-30(14-20-34)44(56)60-24-10-8-2/h11-22,25-26,39-40H,7-10,23-24H2,1-6H3,(H,45,53)(H,46,54). The zero-order valence-electron chi connectivity index (χ0n) is 34.4. The number of hydrogen-bond donors (Lipinski definition) is 2. The molecule has 314 valence electrons. The van der Waals surface area contributed by atoms with E-state index in [4.69, 9.17) is 18.9 Å². The summed E-state index contributed by atoms with van der Waals surface area (Å²) in [6.45, 7) is 7.07. The van der Waals surface area contributed by atoms with Crippen LogP contribution in [0.4, 0.5) is 22.7 Å². The van der Waals surface area contributed by atoms with Crippen LogP contribution in [0.1, 0.15) is 74.1 Å². The molecule has 4 aromatic carbocycles. The molecule has 2 atom stereocenters. The molecule has 4 rings (SSSR count). The van der Waals surface area contributed by atoms with Gasteiger partial charge in [-0.1, -0.05) is 38.8 Å². The highest BCUT2D eigenvalue weighted by atomic mass is 16.5. The number of unbranched alkanes of at least 4 members (excludes halogenated alkanes) is 2. The van der Waals surface area contributed by atoms with Gasteiger partial charge in [0, 0.05) is 11.4 Å². The molecule has 16 nitrogen and oxygen atoms in total. The number of nitrogens with zero attached hydrogens (tertiary/aromatic N) is 4. The highest BCUT2D eigenvalue weighted by Gasteiger charge is 2.25. The van der Waals surface area contributed by atoms with E-state index in [1.54, 1.807) is 36.4 Å². The number of anilines is 2. The molecule has 0 aliphatic rings. The van der Waals surface area contributed by atoms with Crippen LogP contribution in [0.25, 0.3) is 11.1 Å². The summed E-state index contributed by atoms with van der Waals surface area (Å²) in [6.07, 6.45) is 3.30. The number of amides is 2. The number of carbonyl (C=O) groups excluding carboxylic acids is 6. The number of esters is 2. The maximum atomic E-state index is 13.1. The van der Waals surface area contributed by atoms with Crippen molar-refractivity contribution in [2.75, 3.05) is 38.1 Å². The summed E-state index contributed by atoms with van der Waals surface area (Å²) < 4.78 is 21.5. The van der Waals surface area contributed by atoms with Crippen LogP contribution in [0.2, 0.25) is 0 Å². The minimum atomic E-state index is -1.47. The van der Waals surface area contributed by atoms with Crippen LogP contribution >= 0.6 is 0 Å². The zero-order valence-corrected chi connectivity index (χ0v) is 34.4. The lowest BCUT2D eigenvalue weighted by atomic mass is 10.0. The molecule has 0 saturated carbocycles. The van der Waals surface area contributed by atoms with E-state index in [1.807, 2.05) is 13.8 Å². The number of benzene rings is 4. The first kappa shape index (κ1) is 45.6. The highest BCUT2D eigenvalue weighted by Crippen LogP contribution is 2.37. The molecule has 2 amide bonds. The number of hydrogen-bond acceptors (Lipinski definition) is 14. The third-order valence-electron chi connectivity index (χ3n) is 8.76. The van der Waals surface area contributed by atoms with Crippen molar-refractivity contribution >= 4 is 58.1 Å². The van der Waals surface area contributed by atoms with Gasteiger partial charge in [0.15, 0.2) is 11.6 Å². The second-order valence-corrected chi connectivity index (χ2v) is 13.3. The predicted molar refractivity (Wildman–Crippen MR) is 223 cm³/mol. The molecule has 0 bridgehead atoms. The Kier molecular flexibility index (Phi) is 17.3. The first-order chi connectivity index (χ1) is 28.9. The first-order valence-corrected chi connectivity index (χ1v) is 19.2. The van der Waals surface area contributed by atoms with Crippen molar-refractivity contribution in [1.82, 2.24) is 0 Å². The van der Waals surface area contributed by atoms with Crippen molar-refractivity contribution in [2.45, 2.75) is 65.5 Å². The van der Waals surface area contributed by atoms with Crippen LogP contribution in [-0.4, -0.2) is 74.8 Å². The monoisotopic (exact) mass is 820 g/mol. The van der Waals surface area contributed by atoms with Crippen molar-refractivity contribution in [3.05, 3.63) is 96.1 Å². The summed E-state index contributed by atoms with van der Waals surface area (Å²) in [5.41, 5.74) is 3.19. The molecule has 16 heteroatoms. The molecule has 0 fully saturated rings. The average molecular weight is 821 g/mol. The van der Waals surface area contributed by atoms with Crippen molar-refractivity contribution in [3.8, 4) is 22.6 Å². The fourth-order valence-corrected chi connectivity index (χ4v) is 5.34. The number of Topliss-reactive ketones (excluding diaryl/α,β-unsaturated/α-hetero) is 2. The van der Waals surface area contributed by atoms with E-state index in [9.17, 15) is 28.8 Å². The Labute approximate surface area is 347 Å². The molecule has 0 saturated heterocycles. The number of nitrogens with one attached hydrogen (secondary N) is 2. The molecule has 0 spiro atoms. The summed E-state index contributed by atoms with van der Waals surface area (Å²) in [4.78, 5) is 75.4. The number of ketones is 2. The third kappa shape index (κ3) is 13.0. The van der Waals surface area contributed by atoms with Gasteiger partial charge in [-0.2, -0.15) is 20.5 Å². The number of azo groups is 2. The van der Waals surface area contributed by atoms with Gasteiger partial charge in [0.2, 0.25) is 12.1 Å². The Balaban J connectivity index is 1.44. The molecule has 60 heavy (non-hydrogen) atoms. The lowest BCUT2D eigenvalue weighted by Crippen LogP contribution is -2.31. The van der Waals surface area contributed by atoms with Crippen LogP contribution < -0.4 is 20.1 Å². The minimum Gasteiger partial charge on any atom is -0.494 e. The Morgan fingerprint density at radius 3 is 1.23 bits per heavy atom. The van der Waals surface area contributed by atoms with Gasteiger partial charge in [0.05, 0.1) is 38.6 Å². The quantitative estimate of drug-likeness (QED) is 0.0353. The highest BCUT2D eigenvalue weighted by molar-refractivity contribution is 6.11. The van der Waals surface area contributed by atoms with E-state index in [-0.39, 0.29) is 11.4 Å². The lowest BCUT2D eigenvalue weighted by Gasteiger charge is -2.12. The van der Waals surface area contributed by atoms with Gasteiger partial charge in [-0.25, -0.2) is 9.59 Å². The van der Waals surface area contributed by atoms with Crippen molar-refractivity contribution < 1.29 is 47.7 Å². The van der Waals surface area contributed by atoms with Crippen LogP contribution in [0.5, 0.6) is 11.5 Å². The predicted octanol–water partition coefficient (Wildman–Crippen LogP) is 8.64. The summed E-state index contributed by atoms with van der Waals surface area (Å²) in [7, 11) is 2.87. The van der Waals surface area contributed by atoms with Crippen LogP contribution in [-0.2, 0) is 28.7 Å². The van der Waals surface area contributed by atoms with Gasteiger partial charge < -0.3 is 29.6 Å². The maximum Gasteiger partial charge on any atom is 0.338 e. The van der Waals surface area contributed by atoms with E-state index >= 15 is 0 Å². The maximum absolute atomic E-state index is 13.1. The fourth-order valence-electron chi connectivity index (χ4n) is 5.34. The molecular weight excluding hydrogens is 773 g/mol. The van der Waals surface area contributed by atoms with Crippen molar-refractivity contribution in [2.24, 2.45) is 20.5 Å². The molecule has 2 N–H and O–H groups in total. The van der Waals surface area contributed by atoms with Gasteiger partial charge in [-0.15, -0.1) is 0 Å². The second kappa shape index (κ2) is 22.7. The largest absolute Gasteiger partial charge is 0.494 e. The Morgan fingerprint density at radius 1 is 0.550 bits per heavy atom. The van der Waals surface area contributed by atoms with Gasteiger partial charge in [0.25, 0.3) is 11.8 Å². The Bertz CT molecular complexity index is 2060. The molecule has 0 aliphatic carbocycles. The summed E-state index contributed by atoms with van der Waals surface area (Å²) >= 11 is 0. The van der Waals surface area contributed by atoms with Gasteiger partial charge >= 0.3 is 11.9 Å². The third-order valence-corrected chi connectivity index (χ3v) is 8.76. The molecule has 0 radical (unpaired) electrons. The summed E-state index contributed by atoms with van der Waals surface area (Å²) in [6, 6.07) is 19.2.